The zero-order valence-electron chi connectivity index (χ0n) is 15.9. The summed E-state index contributed by atoms with van der Waals surface area (Å²) >= 11 is 7.05. The van der Waals surface area contributed by atoms with Crippen molar-refractivity contribution < 1.29 is 13.9 Å². The van der Waals surface area contributed by atoms with Crippen LogP contribution in [0.4, 0.5) is 0 Å². The van der Waals surface area contributed by atoms with Crippen LogP contribution in [-0.2, 0) is 12.0 Å². The molecule has 3 rings (SSSR count). The predicted octanol–water partition coefficient (Wildman–Crippen LogP) is 5.57. The fourth-order valence-electron chi connectivity index (χ4n) is 2.40. The molecule has 146 valence electrons. The van der Waals surface area contributed by atoms with Crippen LogP contribution in [0.15, 0.2) is 58.2 Å². The quantitative estimate of drug-likeness (QED) is 0.370. The summed E-state index contributed by atoms with van der Waals surface area (Å²) in [5.74, 6) is 1.25. The van der Waals surface area contributed by atoms with Gasteiger partial charge in [-0.2, -0.15) is 0 Å². The van der Waals surface area contributed by atoms with Gasteiger partial charge in [-0.15, -0.1) is 10.2 Å². The fourth-order valence-corrected chi connectivity index (χ4v) is 3.20. The lowest BCUT2D eigenvalue weighted by Gasteiger charge is -2.18. The first-order valence-electron chi connectivity index (χ1n) is 8.78. The zero-order chi connectivity index (χ0) is 20.1. The first kappa shape index (κ1) is 20.4. The lowest BCUT2D eigenvalue weighted by Crippen LogP contribution is -2.11. The summed E-state index contributed by atoms with van der Waals surface area (Å²) in [5, 5.41) is 8.87. The van der Waals surface area contributed by atoms with Crippen LogP contribution in [-0.4, -0.2) is 21.7 Å². The molecule has 7 heteroatoms. The molecule has 0 amide bonds. The average Bonchev–Trinajstić information content (AvgIpc) is 3.13. The Morgan fingerprint density at radius 3 is 2.39 bits per heavy atom. The van der Waals surface area contributed by atoms with Crippen molar-refractivity contribution in [3.8, 4) is 5.75 Å². The Hall–Kier alpha value is -2.31. The van der Waals surface area contributed by atoms with E-state index >= 15 is 0 Å². The smallest absolute Gasteiger partial charge is 0.277 e. The Morgan fingerprint density at radius 2 is 1.75 bits per heavy atom. The van der Waals surface area contributed by atoms with Gasteiger partial charge in [-0.25, -0.2) is 0 Å². The van der Waals surface area contributed by atoms with Crippen molar-refractivity contribution in [2.75, 3.05) is 5.75 Å². The number of hydrogen-bond donors (Lipinski definition) is 0. The molecule has 0 aliphatic carbocycles. The second-order valence-electron chi connectivity index (χ2n) is 7.24. The highest BCUT2D eigenvalue weighted by Gasteiger charge is 2.15. The number of aromatic nitrogens is 2. The third-order valence-corrected chi connectivity index (χ3v) is 5.09. The van der Waals surface area contributed by atoms with Gasteiger partial charge in [0.1, 0.15) is 5.75 Å². The normalized spacial score (nSPS) is 11.4. The van der Waals surface area contributed by atoms with Gasteiger partial charge in [0.2, 0.25) is 0 Å². The lowest BCUT2D eigenvalue weighted by atomic mass is 9.86. The van der Waals surface area contributed by atoms with Gasteiger partial charge >= 0.3 is 0 Å². The molecule has 0 N–H and O–H groups in total. The van der Waals surface area contributed by atoms with E-state index in [1.165, 1.54) is 17.3 Å². The lowest BCUT2D eigenvalue weighted by molar-refractivity contribution is 0.102. The van der Waals surface area contributed by atoms with Gasteiger partial charge < -0.3 is 9.15 Å². The highest BCUT2D eigenvalue weighted by atomic mass is 35.5. The Balaban J connectivity index is 1.51. The van der Waals surface area contributed by atoms with Crippen molar-refractivity contribution in [2.24, 2.45) is 0 Å². The van der Waals surface area contributed by atoms with Crippen molar-refractivity contribution >= 4 is 29.1 Å². The molecule has 0 atom stereocenters. The first-order valence-corrected chi connectivity index (χ1v) is 10.1. The van der Waals surface area contributed by atoms with Crippen LogP contribution >= 0.6 is 23.4 Å². The number of thioether (sulfide) groups is 1. The minimum absolute atomic E-state index is 0.0163. The second-order valence-corrected chi connectivity index (χ2v) is 8.61. The predicted molar refractivity (Wildman–Crippen MR) is 110 cm³/mol. The maximum Gasteiger partial charge on any atom is 0.277 e. The van der Waals surface area contributed by atoms with E-state index in [4.69, 9.17) is 20.8 Å². The maximum absolute atomic E-state index is 12.4. The third kappa shape index (κ3) is 5.59. The second kappa shape index (κ2) is 8.80. The molecule has 0 aliphatic rings. The number of benzene rings is 2. The summed E-state index contributed by atoms with van der Waals surface area (Å²) in [6.45, 7) is 6.58. The minimum atomic E-state index is 0.0163. The van der Waals surface area contributed by atoms with E-state index in [1.807, 2.05) is 24.3 Å². The van der Waals surface area contributed by atoms with Gasteiger partial charge in [0.15, 0.2) is 12.4 Å². The van der Waals surface area contributed by atoms with E-state index in [2.05, 4.69) is 31.0 Å². The highest BCUT2D eigenvalue weighted by Crippen LogP contribution is 2.24. The summed E-state index contributed by atoms with van der Waals surface area (Å²) in [7, 11) is 0. The maximum atomic E-state index is 12.4. The van der Waals surface area contributed by atoms with Crippen LogP contribution < -0.4 is 4.74 Å². The van der Waals surface area contributed by atoms with Crippen LogP contribution in [0, 0.1) is 0 Å². The van der Waals surface area contributed by atoms with Crippen molar-refractivity contribution in [3.05, 3.63) is 70.6 Å². The number of rotatable bonds is 7. The number of ether oxygens (including phenoxy) is 1. The van der Waals surface area contributed by atoms with Crippen LogP contribution in [0.5, 0.6) is 5.75 Å². The van der Waals surface area contributed by atoms with Gasteiger partial charge in [-0.3, -0.25) is 4.79 Å². The largest absolute Gasteiger partial charge is 0.484 e. The van der Waals surface area contributed by atoms with E-state index in [0.29, 0.717) is 27.4 Å². The first-order chi connectivity index (χ1) is 13.3. The topological polar surface area (TPSA) is 65.2 Å². The van der Waals surface area contributed by atoms with Gasteiger partial charge in [-0.05, 0) is 35.2 Å². The average molecular weight is 417 g/mol. The van der Waals surface area contributed by atoms with Gasteiger partial charge in [0, 0.05) is 10.6 Å². The summed E-state index contributed by atoms with van der Waals surface area (Å²) in [5.41, 5.74) is 1.93. The molecule has 0 radical (unpaired) electrons. The van der Waals surface area contributed by atoms with Gasteiger partial charge in [0.25, 0.3) is 11.1 Å². The molecule has 1 aromatic heterocycles. The van der Waals surface area contributed by atoms with Crippen LogP contribution in [0.25, 0.3) is 0 Å². The molecule has 0 unspecified atom stereocenters. The summed E-state index contributed by atoms with van der Waals surface area (Å²) in [6, 6.07) is 14.7. The van der Waals surface area contributed by atoms with E-state index in [-0.39, 0.29) is 23.6 Å². The fraction of sp³-hybridized carbons (Fsp3) is 0.286. The number of ketones is 1. The van der Waals surface area contributed by atoms with Crippen LogP contribution in [0.2, 0.25) is 5.02 Å². The van der Waals surface area contributed by atoms with E-state index in [0.717, 1.165) is 0 Å². The van der Waals surface area contributed by atoms with Crippen molar-refractivity contribution in [1.29, 1.82) is 0 Å². The number of carbonyl (C=O) groups excluding carboxylic acids is 1. The minimum Gasteiger partial charge on any atom is -0.484 e. The standard InChI is InChI=1S/C21H21ClN2O3S/c1-21(2,3)15-6-4-14(5-7-15)18(25)13-28-20-24-23-19(27-20)12-26-17-10-8-16(22)9-11-17/h4-11H,12-13H2,1-3H3. The molecule has 0 spiro atoms. The molecular weight excluding hydrogens is 396 g/mol. The number of Topliss-reactive ketones (excluding diaryl/α,β-unsaturated/α-hetero) is 1. The van der Waals surface area contributed by atoms with E-state index in [9.17, 15) is 4.79 Å². The van der Waals surface area contributed by atoms with Crippen molar-refractivity contribution in [1.82, 2.24) is 10.2 Å². The van der Waals surface area contributed by atoms with Crippen molar-refractivity contribution in [3.63, 3.8) is 0 Å². The monoisotopic (exact) mass is 416 g/mol. The molecule has 0 fully saturated rings. The Labute approximate surface area is 173 Å². The van der Waals surface area contributed by atoms with E-state index in [1.54, 1.807) is 24.3 Å². The molecule has 28 heavy (non-hydrogen) atoms. The summed E-state index contributed by atoms with van der Waals surface area (Å²) in [4.78, 5) is 12.4. The number of hydrogen-bond acceptors (Lipinski definition) is 6. The van der Waals surface area contributed by atoms with Gasteiger partial charge in [-0.1, -0.05) is 68.4 Å². The molecular formula is C21H21ClN2O3S. The van der Waals surface area contributed by atoms with Crippen LogP contribution in [0.3, 0.4) is 0 Å². The van der Waals surface area contributed by atoms with Gasteiger partial charge in [0.05, 0.1) is 5.75 Å². The highest BCUT2D eigenvalue weighted by molar-refractivity contribution is 7.99. The van der Waals surface area contributed by atoms with E-state index < -0.39 is 0 Å². The van der Waals surface area contributed by atoms with Crippen LogP contribution in [0.1, 0.15) is 42.6 Å². The third-order valence-electron chi connectivity index (χ3n) is 4.02. The summed E-state index contributed by atoms with van der Waals surface area (Å²) in [6.07, 6.45) is 0. The Bertz CT molecular complexity index is 932. The molecule has 0 bridgehead atoms. The Kier molecular flexibility index (Phi) is 6.42. The SMILES string of the molecule is CC(C)(C)c1ccc(C(=O)CSc2nnc(COc3ccc(Cl)cc3)o2)cc1. The zero-order valence-corrected chi connectivity index (χ0v) is 17.5. The van der Waals surface area contributed by atoms with Crippen molar-refractivity contribution in [2.45, 2.75) is 38.0 Å². The molecule has 1 heterocycles. The molecule has 2 aromatic carbocycles. The number of carbonyl (C=O) groups is 1. The number of nitrogens with zero attached hydrogens (tertiary/aromatic N) is 2. The molecule has 0 saturated heterocycles. The Morgan fingerprint density at radius 1 is 1.07 bits per heavy atom. The molecule has 0 aliphatic heterocycles. The summed E-state index contributed by atoms with van der Waals surface area (Å²) < 4.78 is 11.1. The molecule has 3 aromatic rings. The number of halogens is 1. The molecule has 5 nitrogen and oxygen atoms in total. The molecule has 0 saturated carbocycles.